The van der Waals surface area contributed by atoms with E-state index in [1.807, 2.05) is 18.2 Å². The molecule has 0 saturated heterocycles. The summed E-state index contributed by atoms with van der Waals surface area (Å²) in [4.78, 5) is 23.1. The van der Waals surface area contributed by atoms with Gasteiger partial charge in [0.1, 0.15) is 5.84 Å². The quantitative estimate of drug-likeness (QED) is 0.371. The summed E-state index contributed by atoms with van der Waals surface area (Å²) in [7, 11) is 0. The molecule has 1 aliphatic carbocycles. The van der Waals surface area contributed by atoms with E-state index in [0.29, 0.717) is 11.1 Å². The number of hydrogen-bond acceptors (Lipinski definition) is 3. The van der Waals surface area contributed by atoms with E-state index in [0.717, 1.165) is 24.9 Å². The molecule has 0 radical (unpaired) electrons. The molecule has 1 aliphatic rings. The lowest BCUT2D eigenvalue weighted by atomic mass is 9.83. The first kappa shape index (κ1) is 18.4. The number of hydrogen-bond donors (Lipinski definition) is 4. The predicted molar refractivity (Wildman–Crippen MR) is 104 cm³/mol. The number of anilines is 1. The van der Waals surface area contributed by atoms with Gasteiger partial charge < -0.3 is 16.2 Å². The van der Waals surface area contributed by atoms with Crippen LogP contribution in [-0.2, 0) is 17.6 Å². The van der Waals surface area contributed by atoms with Gasteiger partial charge in [0, 0.05) is 22.9 Å². The Morgan fingerprint density at radius 1 is 1.11 bits per heavy atom. The Balaban J connectivity index is 1.68. The van der Waals surface area contributed by atoms with Crippen LogP contribution in [0.5, 0.6) is 0 Å². The largest absolute Gasteiger partial charge is 0.478 e. The van der Waals surface area contributed by atoms with Crippen LogP contribution in [0.25, 0.3) is 0 Å². The highest BCUT2D eigenvalue weighted by Gasteiger charge is 2.17. The fourth-order valence-electron chi connectivity index (χ4n) is 3.25. The van der Waals surface area contributed by atoms with E-state index in [1.165, 1.54) is 17.2 Å². The van der Waals surface area contributed by atoms with E-state index >= 15 is 0 Å². The molecular formula is C21H21N3O3. The molecule has 2 aromatic rings. The molecule has 0 bridgehead atoms. The van der Waals surface area contributed by atoms with Gasteiger partial charge in [-0.3, -0.25) is 10.2 Å². The number of benzene rings is 2. The summed E-state index contributed by atoms with van der Waals surface area (Å²) in [6.07, 6.45) is 5.51. The standard InChI is InChI=1S/C21H21N3O3/c22-20(23)14-4-6-15(7-5-14)21(27)24-18-9-8-16-11-13(2-10-19(25)26)1-3-17(16)12-18/h2,4-10,12-13H,1,3,11H2,(H3,22,23)(H,24,27)(H,25,26)/b10-2+. The number of carboxylic acid groups (broad SMARTS) is 1. The first-order valence-electron chi connectivity index (χ1n) is 8.71. The van der Waals surface area contributed by atoms with Crippen molar-refractivity contribution in [1.82, 2.24) is 0 Å². The van der Waals surface area contributed by atoms with E-state index < -0.39 is 5.97 Å². The topological polar surface area (TPSA) is 116 Å². The molecule has 0 aliphatic heterocycles. The van der Waals surface area contributed by atoms with Crippen molar-refractivity contribution in [2.24, 2.45) is 11.7 Å². The number of fused-ring (bicyclic) bond motifs is 1. The number of amides is 1. The number of allylic oxidation sites excluding steroid dienone is 1. The van der Waals surface area contributed by atoms with E-state index in [1.54, 1.807) is 30.3 Å². The van der Waals surface area contributed by atoms with Gasteiger partial charge in [-0.25, -0.2) is 4.79 Å². The maximum Gasteiger partial charge on any atom is 0.327 e. The van der Waals surface area contributed by atoms with Crippen LogP contribution in [0, 0.1) is 11.3 Å². The smallest absolute Gasteiger partial charge is 0.327 e. The molecule has 0 aromatic heterocycles. The molecule has 0 spiro atoms. The Morgan fingerprint density at radius 2 is 1.81 bits per heavy atom. The number of carbonyl (C=O) groups excluding carboxylic acids is 1. The average Bonchev–Trinajstić information content (AvgIpc) is 2.66. The summed E-state index contributed by atoms with van der Waals surface area (Å²) in [6, 6.07) is 12.4. The maximum absolute atomic E-state index is 12.4. The zero-order valence-corrected chi connectivity index (χ0v) is 14.7. The van der Waals surface area contributed by atoms with Crippen molar-refractivity contribution in [3.8, 4) is 0 Å². The summed E-state index contributed by atoms with van der Waals surface area (Å²) in [5.41, 5.74) is 9.59. The van der Waals surface area contributed by atoms with Crippen LogP contribution >= 0.6 is 0 Å². The second-order valence-corrected chi connectivity index (χ2v) is 6.63. The first-order chi connectivity index (χ1) is 12.9. The van der Waals surface area contributed by atoms with Crippen LogP contribution in [0.15, 0.2) is 54.6 Å². The highest BCUT2D eigenvalue weighted by molar-refractivity contribution is 6.05. The molecule has 3 rings (SSSR count). The minimum atomic E-state index is -0.921. The van der Waals surface area contributed by atoms with Crippen LogP contribution in [0.4, 0.5) is 5.69 Å². The van der Waals surface area contributed by atoms with Crippen molar-refractivity contribution in [2.45, 2.75) is 19.3 Å². The van der Waals surface area contributed by atoms with Crippen LogP contribution in [0.1, 0.15) is 33.5 Å². The summed E-state index contributed by atoms with van der Waals surface area (Å²) in [5.74, 6) is -0.944. The summed E-state index contributed by atoms with van der Waals surface area (Å²) >= 11 is 0. The Hall–Kier alpha value is -3.41. The lowest BCUT2D eigenvalue weighted by Gasteiger charge is -2.22. The fraction of sp³-hybridized carbons (Fsp3) is 0.190. The molecule has 0 saturated carbocycles. The van der Waals surface area contributed by atoms with Gasteiger partial charge in [-0.2, -0.15) is 0 Å². The van der Waals surface area contributed by atoms with Crippen molar-refractivity contribution in [2.75, 3.05) is 5.32 Å². The Kier molecular flexibility index (Phi) is 5.35. The van der Waals surface area contributed by atoms with Gasteiger partial charge in [-0.1, -0.05) is 24.3 Å². The third-order valence-corrected chi connectivity index (χ3v) is 4.70. The zero-order chi connectivity index (χ0) is 19.4. The summed E-state index contributed by atoms with van der Waals surface area (Å²) in [6.45, 7) is 0. The SMILES string of the molecule is N=C(N)c1ccc(C(=O)Nc2ccc3c(c2)CCC(/C=C/C(=O)O)C3)cc1. The molecule has 2 aromatic carbocycles. The molecule has 6 heteroatoms. The second-order valence-electron chi connectivity index (χ2n) is 6.63. The molecule has 6 nitrogen and oxygen atoms in total. The van der Waals surface area contributed by atoms with Crippen molar-refractivity contribution < 1.29 is 14.7 Å². The highest BCUT2D eigenvalue weighted by atomic mass is 16.4. The normalized spacial score (nSPS) is 15.9. The number of carboxylic acids is 1. The van der Waals surface area contributed by atoms with Gasteiger partial charge in [0.2, 0.25) is 0 Å². The lowest BCUT2D eigenvalue weighted by molar-refractivity contribution is -0.131. The number of aryl methyl sites for hydroxylation is 1. The minimum Gasteiger partial charge on any atom is -0.478 e. The molecular weight excluding hydrogens is 342 g/mol. The maximum atomic E-state index is 12.4. The van der Waals surface area contributed by atoms with Gasteiger partial charge in [0.25, 0.3) is 5.91 Å². The molecule has 27 heavy (non-hydrogen) atoms. The van der Waals surface area contributed by atoms with Crippen molar-refractivity contribution >= 4 is 23.4 Å². The van der Waals surface area contributed by atoms with Crippen LogP contribution < -0.4 is 11.1 Å². The van der Waals surface area contributed by atoms with Gasteiger partial charge in [-0.15, -0.1) is 0 Å². The number of rotatable bonds is 5. The third kappa shape index (κ3) is 4.61. The highest BCUT2D eigenvalue weighted by Crippen LogP contribution is 2.28. The monoisotopic (exact) mass is 363 g/mol. The van der Waals surface area contributed by atoms with Crippen molar-refractivity contribution in [3.63, 3.8) is 0 Å². The number of carbonyl (C=O) groups is 2. The number of nitrogen functional groups attached to an aromatic ring is 1. The second kappa shape index (κ2) is 7.86. The van der Waals surface area contributed by atoms with E-state index in [2.05, 4.69) is 5.32 Å². The van der Waals surface area contributed by atoms with Gasteiger partial charge in [0.05, 0.1) is 0 Å². The van der Waals surface area contributed by atoms with Crippen LogP contribution in [-0.4, -0.2) is 22.8 Å². The summed E-state index contributed by atoms with van der Waals surface area (Å²) < 4.78 is 0. The molecule has 0 heterocycles. The molecule has 0 fully saturated rings. The Bertz CT molecular complexity index is 917. The Morgan fingerprint density at radius 3 is 2.48 bits per heavy atom. The van der Waals surface area contributed by atoms with Crippen molar-refractivity contribution in [1.29, 1.82) is 5.41 Å². The van der Waals surface area contributed by atoms with Crippen LogP contribution in [0.2, 0.25) is 0 Å². The molecule has 138 valence electrons. The minimum absolute atomic E-state index is 0.0341. The van der Waals surface area contributed by atoms with E-state index in [-0.39, 0.29) is 17.7 Å². The summed E-state index contributed by atoms with van der Waals surface area (Å²) in [5, 5.41) is 19.0. The lowest BCUT2D eigenvalue weighted by Crippen LogP contribution is -2.16. The molecule has 1 atom stereocenters. The van der Waals surface area contributed by atoms with Gasteiger partial charge in [-0.05, 0) is 60.6 Å². The molecule has 1 unspecified atom stereocenters. The molecule has 5 N–H and O–H groups in total. The van der Waals surface area contributed by atoms with Crippen LogP contribution in [0.3, 0.4) is 0 Å². The number of nitrogens with two attached hydrogens (primary N) is 1. The predicted octanol–water partition coefficient (Wildman–Crippen LogP) is 2.97. The number of amidine groups is 1. The van der Waals surface area contributed by atoms with E-state index in [9.17, 15) is 9.59 Å². The average molecular weight is 363 g/mol. The fourth-order valence-corrected chi connectivity index (χ4v) is 3.25. The Labute approximate surface area is 157 Å². The van der Waals surface area contributed by atoms with Crippen molar-refractivity contribution in [3.05, 3.63) is 76.9 Å². The van der Waals surface area contributed by atoms with Gasteiger partial charge in [0.15, 0.2) is 0 Å². The number of aliphatic carboxylic acids is 1. The van der Waals surface area contributed by atoms with Gasteiger partial charge >= 0.3 is 5.97 Å². The third-order valence-electron chi connectivity index (χ3n) is 4.70. The number of nitrogens with one attached hydrogen (secondary N) is 2. The molecule has 1 amide bonds. The zero-order valence-electron chi connectivity index (χ0n) is 14.7. The first-order valence-corrected chi connectivity index (χ1v) is 8.71. The van der Waals surface area contributed by atoms with E-state index in [4.69, 9.17) is 16.2 Å².